The molecule has 0 aromatic heterocycles. The Kier molecular flexibility index (Phi) is 11.8. The normalized spacial score (nSPS) is 18.5. The molecular weight excluding hydrogens is 434 g/mol. The highest BCUT2D eigenvalue weighted by atomic mass is 16.4. The number of likely N-dealkylation sites (tertiary alicyclic amines) is 1. The predicted octanol–water partition coefficient (Wildman–Crippen LogP) is -0.991. The first-order valence-corrected chi connectivity index (χ1v) is 11.3. The Morgan fingerprint density at radius 1 is 1.06 bits per heavy atom. The first-order valence-electron chi connectivity index (χ1n) is 11.3. The molecule has 0 spiro atoms. The van der Waals surface area contributed by atoms with E-state index < -0.39 is 60.2 Å². The number of carboxylic acids is 2. The van der Waals surface area contributed by atoms with Crippen LogP contribution in [0.1, 0.15) is 58.8 Å². The van der Waals surface area contributed by atoms with Crippen LogP contribution >= 0.6 is 0 Å². The molecule has 1 fully saturated rings. The maximum atomic E-state index is 13.0. The average Bonchev–Trinajstić information content (AvgIpc) is 3.20. The van der Waals surface area contributed by atoms with Crippen molar-refractivity contribution in [1.29, 1.82) is 0 Å². The lowest BCUT2D eigenvalue weighted by Crippen LogP contribution is -2.56. The molecule has 1 saturated heterocycles. The summed E-state index contributed by atoms with van der Waals surface area (Å²) >= 11 is 0. The van der Waals surface area contributed by atoms with Gasteiger partial charge in [0.25, 0.3) is 0 Å². The van der Waals surface area contributed by atoms with Crippen LogP contribution in [-0.4, -0.2) is 82.0 Å². The molecule has 0 bridgehead atoms. The van der Waals surface area contributed by atoms with Gasteiger partial charge in [0.2, 0.25) is 17.7 Å². The monoisotopic (exact) mass is 471 g/mol. The predicted molar refractivity (Wildman–Crippen MR) is 119 cm³/mol. The first kappa shape index (κ1) is 28.3. The molecule has 12 nitrogen and oxygen atoms in total. The number of hydrogen-bond donors (Lipinski definition) is 6. The molecule has 3 amide bonds. The number of carbonyl (C=O) groups excluding carboxylic acids is 3. The number of nitrogens with two attached hydrogens (primary N) is 2. The van der Waals surface area contributed by atoms with E-state index in [1.807, 2.05) is 13.8 Å². The molecule has 0 aromatic carbocycles. The standard InChI is InChI=1S/C21H37N5O7/c1-12(2)10-15(21(32)33)25-18(29)14(6-3-4-8-22)24-19(30)16-7-5-9-26(16)20(31)13(23)11-17(27)28/h12-16H,3-11,22-23H2,1-2H3,(H,24,30)(H,25,29)(H,27,28)(H,32,33). The van der Waals surface area contributed by atoms with E-state index in [-0.39, 0.29) is 25.3 Å². The fraction of sp³-hybridized carbons (Fsp3) is 0.762. The molecule has 4 unspecified atom stereocenters. The fourth-order valence-corrected chi connectivity index (χ4v) is 3.79. The van der Waals surface area contributed by atoms with E-state index in [4.69, 9.17) is 16.6 Å². The Hall–Kier alpha value is -2.73. The van der Waals surface area contributed by atoms with Crippen molar-refractivity contribution in [2.45, 2.75) is 83.0 Å². The topological polar surface area (TPSA) is 205 Å². The van der Waals surface area contributed by atoms with Gasteiger partial charge in [-0.25, -0.2) is 4.79 Å². The van der Waals surface area contributed by atoms with Gasteiger partial charge >= 0.3 is 11.9 Å². The minimum atomic E-state index is -1.27. The zero-order valence-corrected chi connectivity index (χ0v) is 19.3. The number of nitrogens with one attached hydrogen (secondary N) is 2. The number of carboxylic acid groups (broad SMARTS) is 2. The highest BCUT2D eigenvalue weighted by Crippen LogP contribution is 2.19. The molecule has 1 rings (SSSR count). The molecule has 0 aliphatic carbocycles. The highest BCUT2D eigenvalue weighted by molar-refractivity contribution is 5.95. The molecule has 33 heavy (non-hydrogen) atoms. The molecule has 0 aromatic rings. The summed E-state index contributed by atoms with van der Waals surface area (Å²) < 4.78 is 0. The van der Waals surface area contributed by atoms with Gasteiger partial charge in [-0.3, -0.25) is 19.2 Å². The van der Waals surface area contributed by atoms with Crippen molar-refractivity contribution in [3.05, 3.63) is 0 Å². The highest BCUT2D eigenvalue weighted by Gasteiger charge is 2.38. The van der Waals surface area contributed by atoms with Gasteiger partial charge in [-0.05, 0) is 51.0 Å². The SMILES string of the molecule is CC(C)CC(NC(=O)C(CCCCN)NC(=O)C1CCCN1C(=O)C(N)CC(=O)O)C(=O)O. The number of aliphatic carboxylic acids is 2. The van der Waals surface area contributed by atoms with Gasteiger partial charge < -0.3 is 37.2 Å². The summed E-state index contributed by atoms with van der Waals surface area (Å²) in [5, 5.41) is 23.4. The zero-order valence-electron chi connectivity index (χ0n) is 19.3. The van der Waals surface area contributed by atoms with E-state index in [0.29, 0.717) is 32.2 Å². The molecule has 4 atom stereocenters. The van der Waals surface area contributed by atoms with Crippen LogP contribution in [0.25, 0.3) is 0 Å². The third kappa shape index (κ3) is 9.34. The van der Waals surface area contributed by atoms with Crippen molar-refractivity contribution >= 4 is 29.7 Å². The van der Waals surface area contributed by atoms with Crippen molar-refractivity contribution < 1.29 is 34.2 Å². The lowest BCUT2D eigenvalue weighted by molar-refractivity contribution is -0.144. The number of carbonyl (C=O) groups is 5. The van der Waals surface area contributed by atoms with Crippen LogP contribution in [0.5, 0.6) is 0 Å². The Morgan fingerprint density at radius 2 is 1.73 bits per heavy atom. The van der Waals surface area contributed by atoms with Gasteiger partial charge in [-0.15, -0.1) is 0 Å². The second-order valence-electron chi connectivity index (χ2n) is 8.77. The van der Waals surface area contributed by atoms with Crippen molar-refractivity contribution in [3.63, 3.8) is 0 Å². The number of amides is 3. The number of hydrogen-bond acceptors (Lipinski definition) is 7. The smallest absolute Gasteiger partial charge is 0.326 e. The zero-order chi connectivity index (χ0) is 25.1. The molecular formula is C21H37N5O7. The summed E-state index contributed by atoms with van der Waals surface area (Å²) in [6.07, 6.45) is 1.96. The molecule has 1 aliphatic rings. The van der Waals surface area contributed by atoms with Crippen LogP contribution in [0.2, 0.25) is 0 Å². The van der Waals surface area contributed by atoms with Gasteiger partial charge in [0, 0.05) is 6.54 Å². The van der Waals surface area contributed by atoms with E-state index in [1.54, 1.807) is 0 Å². The third-order valence-corrected chi connectivity index (χ3v) is 5.45. The molecule has 188 valence electrons. The minimum Gasteiger partial charge on any atom is -0.481 e. The van der Waals surface area contributed by atoms with Crippen LogP contribution in [0.4, 0.5) is 0 Å². The van der Waals surface area contributed by atoms with Crippen molar-refractivity contribution in [2.24, 2.45) is 17.4 Å². The Bertz CT molecular complexity index is 715. The van der Waals surface area contributed by atoms with E-state index in [1.165, 1.54) is 4.90 Å². The Labute approximate surface area is 193 Å². The number of rotatable bonds is 14. The molecule has 12 heteroatoms. The maximum absolute atomic E-state index is 13.0. The molecule has 8 N–H and O–H groups in total. The summed E-state index contributed by atoms with van der Waals surface area (Å²) in [4.78, 5) is 62.0. The van der Waals surface area contributed by atoms with Gasteiger partial charge in [0.15, 0.2) is 0 Å². The lowest BCUT2D eigenvalue weighted by atomic mass is 10.0. The minimum absolute atomic E-state index is 0.0322. The quantitative estimate of drug-likeness (QED) is 0.172. The van der Waals surface area contributed by atoms with E-state index >= 15 is 0 Å². The molecule has 1 heterocycles. The maximum Gasteiger partial charge on any atom is 0.326 e. The summed E-state index contributed by atoms with van der Waals surface area (Å²) in [7, 11) is 0. The molecule has 0 saturated carbocycles. The van der Waals surface area contributed by atoms with Crippen LogP contribution in [0, 0.1) is 5.92 Å². The summed E-state index contributed by atoms with van der Waals surface area (Å²) in [5.74, 6) is -4.17. The van der Waals surface area contributed by atoms with Gasteiger partial charge in [-0.1, -0.05) is 13.8 Å². The van der Waals surface area contributed by atoms with Crippen molar-refractivity contribution in [3.8, 4) is 0 Å². The Morgan fingerprint density at radius 3 is 2.27 bits per heavy atom. The lowest BCUT2D eigenvalue weighted by Gasteiger charge is -2.28. The average molecular weight is 472 g/mol. The second-order valence-corrected chi connectivity index (χ2v) is 8.77. The van der Waals surface area contributed by atoms with Gasteiger partial charge in [0.1, 0.15) is 18.1 Å². The fourth-order valence-electron chi connectivity index (χ4n) is 3.79. The van der Waals surface area contributed by atoms with E-state index in [2.05, 4.69) is 10.6 Å². The van der Waals surface area contributed by atoms with Crippen molar-refractivity contribution in [2.75, 3.05) is 13.1 Å². The second kappa shape index (κ2) is 13.7. The van der Waals surface area contributed by atoms with E-state index in [9.17, 15) is 29.1 Å². The van der Waals surface area contributed by atoms with Crippen LogP contribution in [-0.2, 0) is 24.0 Å². The summed E-state index contributed by atoms with van der Waals surface area (Å²) in [6.45, 7) is 4.33. The van der Waals surface area contributed by atoms with Gasteiger partial charge in [0.05, 0.1) is 12.5 Å². The van der Waals surface area contributed by atoms with Crippen LogP contribution in [0.3, 0.4) is 0 Å². The van der Waals surface area contributed by atoms with Gasteiger partial charge in [-0.2, -0.15) is 0 Å². The largest absolute Gasteiger partial charge is 0.481 e. The molecule has 0 radical (unpaired) electrons. The number of nitrogens with zero attached hydrogens (tertiary/aromatic N) is 1. The summed E-state index contributed by atoms with van der Waals surface area (Å²) in [5.41, 5.74) is 11.2. The third-order valence-electron chi connectivity index (χ3n) is 5.45. The van der Waals surface area contributed by atoms with Crippen LogP contribution in [0.15, 0.2) is 0 Å². The number of unbranched alkanes of at least 4 members (excludes halogenated alkanes) is 1. The van der Waals surface area contributed by atoms with E-state index in [0.717, 1.165) is 0 Å². The first-order chi connectivity index (χ1) is 15.5. The summed E-state index contributed by atoms with van der Waals surface area (Å²) in [6, 6.07) is -4.24. The van der Waals surface area contributed by atoms with Crippen molar-refractivity contribution in [1.82, 2.24) is 15.5 Å². The molecule has 1 aliphatic heterocycles. The van der Waals surface area contributed by atoms with Crippen LogP contribution < -0.4 is 22.1 Å². The Balaban J connectivity index is 2.91.